The maximum absolute atomic E-state index is 13.2. The number of hydrogen-bond donors (Lipinski definition) is 1. The van der Waals surface area contributed by atoms with Gasteiger partial charge in [0.15, 0.2) is 0 Å². The molecule has 0 amide bonds. The van der Waals surface area contributed by atoms with Crippen LogP contribution in [-0.2, 0) is 6.54 Å². The van der Waals surface area contributed by atoms with E-state index in [1.807, 2.05) is 12.3 Å². The van der Waals surface area contributed by atoms with Crippen LogP contribution in [0.15, 0.2) is 5.38 Å². The lowest BCUT2D eigenvalue weighted by Gasteiger charge is -2.21. The van der Waals surface area contributed by atoms with Crippen molar-refractivity contribution in [3.05, 3.63) is 16.1 Å². The van der Waals surface area contributed by atoms with Crippen molar-refractivity contribution in [3.63, 3.8) is 0 Å². The second-order valence-corrected chi connectivity index (χ2v) is 5.07. The minimum Gasteiger partial charge on any atom is -0.329 e. The van der Waals surface area contributed by atoms with Crippen LogP contribution in [0.1, 0.15) is 17.1 Å². The first-order chi connectivity index (χ1) is 7.19. The molecule has 15 heavy (non-hydrogen) atoms. The van der Waals surface area contributed by atoms with E-state index in [4.69, 9.17) is 5.73 Å². The van der Waals surface area contributed by atoms with Gasteiger partial charge in [0.2, 0.25) is 0 Å². The summed E-state index contributed by atoms with van der Waals surface area (Å²) in [5, 5.41) is 3.10. The van der Waals surface area contributed by atoms with Gasteiger partial charge in [0.25, 0.3) is 0 Å². The van der Waals surface area contributed by atoms with Crippen LogP contribution >= 0.6 is 11.3 Å². The van der Waals surface area contributed by atoms with Crippen LogP contribution in [0.5, 0.6) is 0 Å². The third-order valence-corrected chi connectivity index (χ3v) is 3.60. The molecule has 1 aliphatic rings. The molecule has 1 aromatic heterocycles. The fraction of sp³-hybridized carbons (Fsp3) is 0.700. The molecule has 0 saturated carbocycles. The molecule has 1 saturated heterocycles. The molecule has 2 rings (SSSR count). The molecule has 0 aliphatic carbocycles. The maximum atomic E-state index is 13.2. The number of aryl methyl sites for hydroxylation is 1. The zero-order valence-electron chi connectivity index (χ0n) is 8.82. The second-order valence-electron chi connectivity index (χ2n) is 4.01. The minimum atomic E-state index is -0.724. The zero-order valence-corrected chi connectivity index (χ0v) is 9.63. The summed E-state index contributed by atoms with van der Waals surface area (Å²) in [5.74, 6) is 0. The molecular weight excluding hydrogens is 213 g/mol. The van der Waals surface area contributed by atoms with Gasteiger partial charge in [0.1, 0.15) is 6.17 Å². The number of thiazole rings is 1. The largest absolute Gasteiger partial charge is 0.329 e. The lowest BCUT2D eigenvalue weighted by molar-refractivity contribution is 0.236. The summed E-state index contributed by atoms with van der Waals surface area (Å²) < 4.78 is 13.2. The topological polar surface area (TPSA) is 42.2 Å². The summed E-state index contributed by atoms with van der Waals surface area (Å²) in [6.07, 6.45) is -0.155. The average molecular weight is 229 g/mol. The predicted octanol–water partition coefficient (Wildman–Crippen LogP) is 1.32. The fourth-order valence-corrected chi connectivity index (χ4v) is 2.65. The van der Waals surface area contributed by atoms with E-state index in [0.717, 1.165) is 17.2 Å². The van der Waals surface area contributed by atoms with Gasteiger partial charge in [-0.3, -0.25) is 4.90 Å². The average Bonchev–Trinajstić information content (AvgIpc) is 2.73. The molecule has 0 spiro atoms. The summed E-state index contributed by atoms with van der Waals surface area (Å²) in [4.78, 5) is 6.48. The Morgan fingerprint density at radius 3 is 3.13 bits per heavy atom. The van der Waals surface area contributed by atoms with Crippen molar-refractivity contribution in [1.29, 1.82) is 0 Å². The highest BCUT2D eigenvalue weighted by Crippen LogP contribution is 2.22. The van der Waals surface area contributed by atoms with Crippen molar-refractivity contribution in [2.45, 2.75) is 32.1 Å². The summed E-state index contributed by atoms with van der Waals surface area (Å²) >= 11 is 1.63. The highest BCUT2D eigenvalue weighted by Gasteiger charge is 2.31. The highest BCUT2D eigenvalue weighted by molar-refractivity contribution is 7.09. The van der Waals surface area contributed by atoms with Gasteiger partial charge in [0, 0.05) is 31.1 Å². The van der Waals surface area contributed by atoms with E-state index in [1.54, 1.807) is 11.3 Å². The SMILES string of the molecule is Cc1nc(CN2C[C@@H](F)C[C@H]2CN)cs1. The molecule has 1 aliphatic heterocycles. The van der Waals surface area contributed by atoms with Gasteiger partial charge in [0.05, 0.1) is 10.7 Å². The van der Waals surface area contributed by atoms with Crippen LogP contribution in [0.3, 0.4) is 0 Å². The van der Waals surface area contributed by atoms with E-state index in [2.05, 4.69) is 9.88 Å². The number of nitrogens with zero attached hydrogens (tertiary/aromatic N) is 2. The molecule has 1 fully saturated rings. The Kier molecular flexibility index (Phi) is 3.33. The summed E-state index contributed by atoms with van der Waals surface area (Å²) in [6, 6.07) is 0.182. The number of halogens is 1. The van der Waals surface area contributed by atoms with Crippen LogP contribution < -0.4 is 5.73 Å². The van der Waals surface area contributed by atoms with Gasteiger partial charge >= 0.3 is 0 Å². The van der Waals surface area contributed by atoms with Crippen LogP contribution in [0.2, 0.25) is 0 Å². The predicted molar refractivity (Wildman–Crippen MR) is 59.6 cm³/mol. The Morgan fingerprint density at radius 2 is 2.53 bits per heavy atom. The molecule has 0 aromatic carbocycles. The van der Waals surface area contributed by atoms with Gasteiger partial charge in [-0.25, -0.2) is 9.37 Å². The van der Waals surface area contributed by atoms with Gasteiger partial charge in [-0.2, -0.15) is 0 Å². The quantitative estimate of drug-likeness (QED) is 0.850. The molecule has 1 aromatic rings. The molecule has 2 N–H and O–H groups in total. The molecule has 2 atom stereocenters. The van der Waals surface area contributed by atoms with Gasteiger partial charge < -0.3 is 5.73 Å². The normalized spacial score (nSPS) is 27.4. The molecule has 3 nitrogen and oxygen atoms in total. The lowest BCUT2D eigenvalue weighted by Crippen LogP contribution is -2.35. The summed E-state index contributed by atoms with van der Waals surface area (Å²) in [6.45, 7) is 3.74. The van der Waals surface area contributed by atoms with E-state index >= 15 is 0 Å². The lowest BCUT2D eigenvalue weighted by atomic mass is 10.2. The highest BCUT2D eigenvalue weighted by atomic mass is 32.1. The zero-order chi connectivity index (χ0) is 10.8. The van der Waals surface area contributed by atoms with Crippen molar-refractivity contribution in [2.75, 3.05) is 13.1 Å². The number of likely N-dealkylation sites (tertiary alicyclic amines) is 1. The Hall–Kier alpha value is -0.520. The van der Waals surface area contributed by atoms with E-state index in [9.17, 15) is 4.39 Å². The molecule has 0 unspecified atom stereocenters. The number of rotatable bonds is 3. The molecule has 0 bridgehead atoms. The van der Waals surface area contributed by atoms with Crippen molar-refractivity contribution in [2.24, 2.45) is 5.73 Å². The van der Waals surface area contributed by atoms with Crippen LogP contribution in [0.4, 0.5) is 4.39 Å². The summed E-state index contributed by atoms with van der Waals surface area (Å²) in [5.41, 5.74) is 6.65. The van der Waals surface area contributed by atoms with Crippen molar-refractivity contribution in [3.8, 4) is 0 Å². The van der Waals surface area contributed by atoms with Gasteiger partial charge in [-0.15, -0.1) is 11.3 Å². The van der Waals surface area contributed by atoms with Crippen molar-refractivity contribution >= 4 is 11.3 Å². The molecule has 5 heteroatoms. The Bertz CT molecular complexity index is 328. The Labute approximate surface area is 93.1 Å². The number of alkyl halides is 1. The number of hydrogen-bond acceptors (Lipinski definition) is 4. The van der Waals surface area contributed by atoms with Gasteiger partial charge in [-0.05, 0) is 13.3 Å². The minimum absolute atomic E-state index is 0.182. The Morgan fingerprint density at radius 1 is 1.73 bits per heavy atom. The van der Waals surface area contributed by atoms with Crippen LogP contribution in [-0.4, -0.2) is 35.2 Å². The first kappa shape index (κ1) is 11.0. The summed E-state index contributed by atoms with van der Waals surface area (Å²) in [7, 11) is 0. The van der Waals surface area contributed by atoms with Crippen LogP contribution in [0, 0.1) is 6.92 Å². The smallest absolute Gasteiger partial charge is 0.114 e. The van der Waals surface area contributed by atoms with E-state index in [1.165, 1.54) is 0 Å². The number of aromatic nitrogens is 1. The fourth-order valence-electron chi connectivity index (χ4n) is 2.05. The second kappa shape index (κ2) is 4.55. The first-order valence-corrected chi connectivity index (χ1v) is 6.06. The van der Waals surface area contributed by atoms with Crippen molar-refractivity contribution in [1.82, 2.24) is 9.88 Å². The number of nitrogens with two attached hydrogens (primary N) is 1. The van der Waals surface area contributed by atoms with Crippen molar-refractivity contribution < 1.29 is 4.39 Å². The molecule has 0 radical (unpaired) electrons. The maximum Gasteiger partial charge on any atom is 0.114 e. The molecular formula is C10H16FN3S. The van der Waals surface area contributed by atoms with E-state index in [0.29, 0.717) is 19.5 Å². The Balaban J connectivity index is 1.99. The van der Waals surface area contributed by atoms with E-state index < -0.39 is 6.17 Å². The molecule has 2 heterocycles. The standard InChI is InChI=1S/C10H16FN3S/c1-7-13-9(6-15-7)5-14-4-8(11)2-10(14)3-12/h6,8,10H,2-5,12H2,1H3/t8-,10-/m0/s1. The molecule has 84 valence electrons. The van der Waals surface area contributed by atoms with Gasteiger partial charge in [-0.1, -0.05) is 0 Å². The first-order valence-electron chi connectivity index (χ1n) is 5.18. The third-order valence-electron chi connectivity index (χ3n) is 2.78. The monoisotopic (exact) mass is 229 g/mol. The van der Waals surface area contributed by atoms with Crippen LogP contribution in [0.25, 0.3) is 0 Å². The third kappa shape index (κ3) is 2.53. The van der Waals surface area contributed by atoms with E-state index in [-0.39, 0.29) is 6.04 Å².